The van der Waals surface area contributed by atoms with Gasteiger partial charge in [0.15, 0.2) is 0 Å². The minimum absolute atomic E-state index is 0.0762. The van der Waals surface area contributed by atoms with Crippen LogP contribution in [0.3, 0.4) is 0 Å². The first-order valence-corrected chi connectivity index (χ1v) is 8.36. The number of halogens is 1. The van der Waals surface area contributed by atoms with E-state index in [-0.39, 0.29) is 17.2 Å². The molecule has 27 heavy (non-hydrogen) atoms. The molecular formula is C18H14ClN3O5. The Labute approximate surface area is 158 Å². The molecule has 0 spiro atoms. The molecule has 8 nitrogen and oxygen atoms in total. The van der Waals surface area contributed by atoms with E-state index in [9.17, 15) is 24.5 Å². The van der Waals surface area contributed by atoms with E-state index in [0.29, 0.717) is 9.92 Å². The van der Waals surface area contributed by atoms with Crippen molar-refractivity contribution in [3.63, 3.8) is 0 Å². The van der Waals surface area contributed by atoms with Crippen LogP contribution in [0.15, 0.2) is 42.5 Å². The first kappa shape index (κ1) is 18.5. The van der Waals surface area contributed by atoms with Crippen molar-refractivity contribution >= 4 is 35.0 Å². The highest BCUT2D eigenvalue weighted by Gasteiger charge is 2.41. The van der Waals surface area contributed by atoms with E-state index in [2.05, 4.69) is 5.32 Å². The summed E-state index contributed by atoms with van der Waals surface area (Å²) < 4.78 is 0. The van der Waals surface area contributed by atoms with Crippen molar-refractivity contribution in [2.45, 2.75) is 13.0 Å². The molecular weight excluding hydrogens is 374 g/mol. The molecule has 0 aliphatic carbocycles. The first-order chi connectivity index (χ1) is 12.8. The van der Waals surface area contributed by atoms with Gasteiger partial charge in [-0.3, -0.25) is 29.4 Å². The van der Waals surface area contributed by atoms with Crippen LogP contribution in [0.1, 0.15) is 39.2 Å². The number of imide groups is 1. The van der Waals surface area contributed by atoms with E-state index >= 15 is 0 Å². The molecule has 0 aromatic heterocycles. The van der Waals surface area contributed by atoms with Gasteiger partial charge in [-0.1, -0.05) is 29.8 Å². The zero-order valence-corrected chi connectivity index (χ0v) is 14.9. The van der Waals surface area contributed by atoms with Gasteiger partial charge < -0.3 is 5.32 Å². The van der Waals surface area contributed by atoms with Crippen LogP contribution in [0.4, 0.5) is 5.69 Å². The van der Waals surface area contributed by atoms with Gasteiger partial charge in [-0.15, -0.1) is 0 Å². The number of hydrogen-bond acceptors (Lipinski definition) is 5. The summed E-state index contributed by atoms with van der Waals surface area (Å²) in [5.41, 5.74) is -0.0205. The second kappa shape index (κ2) is 7.16. The van der Waals surface area contributed by atoms with Crippen LogP contribution in [0.2, 0.25) is 5.02 Å². The third-order valence-corrected chi connectivity index (χ3v) is 4.47. The number of nitro groups is 1. The zero-order valence-electron chi connectivity index (χ0n) is 14.1. The lowest BCUT2D eigenvalue weighted by Crippen LogP contribution is -2.41. The van der Waals surface area contributed by atoms with Crippen LogP contribution in [-0.2, 0) is 4.79 Å². The van der Waals surface area contributed by atoms with E-state index in [1.165, 1.54) is 12.1 Å². The fourth-order valence-electron chi connectivity index (χ4n) is 2.88. The minimum Gasteiger partial charge on any atom is -0.348 e. The number of carbonyl (C=O) groups is 3. The van der Waals surface area contributed by atoms with E-state index in [1.807, 2.05) is 0 Å². The second-order valence-electron chi connectivity index (χ2n) is 5.99. The molecule has 138 valence electrons. The molecule has 1 aliphatic heterocycles. The average Bonchev–Trinajstić information content (AvgIpc) is 2.87. The van der Waals surface area contributed by atoms with Gasteiger partial charge >= 0.3 is 0 Å². The maximum absolute atomic E-state index is 12.5. The minimum atomic E-state index is -0.850. The van der Waals surface area contributed by atoms with E-state index in [0.717, 1.165) is 11.6 Å². The molecule has 0 fully saturated rings. The molecule has 3 rings (SSSR count). The SMILES string of the molecule is C[C@H](NC(=O)CN1C(=O)c2cccc([N+](=O)[O-])c2C1=O)c1ccc(Cl)cc1. The maximum atomic E-state index is 12.5. The Morgan fingerprint density at radius 1 is 1.19 bits per heavy atom. The van der Waals surface area contributed by atoms with Gasteiger partial charge in [-0.2, -0.15) is 0 Å². The molecule has 0 saturated heterocycles. The van der Waals surface area contributed by atoms with Crippen LogP contribution in [0.5, 0.6) is 0 Å². The first-order valence-electron chi connectivity index (χ1n) is 7.98. The van der Waals surface area contributed by atoms with Gasteiger partial charge in [0, 0.05) is 11.1 Å². The zero-order chi connectivity index (χ0) is 19.7. The predicted molar refractivity (Wildman–Crippen MR) is 96.5 cm³/mol. The Morgan fingerprint density at radius 3 is 2.48 bits per heavy atom. The lowest BCUT2D eigenvalue weighted by molar-refractivity contribution is -0.385. The summed E-state index contributed by atoms with van der Waals surface area (Å²) in [5.74, 6) is -2.14. The quantitative estimate of drug-likeness (QED) is 0.482. The standard InChI is InChI=1S/C18H14ClN3O5/c1-10(11-5-7-12(19)8-6-11)20-15(23)9-21-17(24)13-3-2-4-14(22(26)27)16(13)18(21)25/h2-8,10H,9H2,1H3,(H,20,23)/t10-/m0/s1. The monoisotopic (exact) mass is 387 g/mol. The Bertz CT molecular complexity index is 958. The lowest BCUT2D eigenvalue weighted by Gasteiger charge is -2.17. The molecule has 1 aliphatic rings. The van der Waals surface area contributed by atoms with Gasteiger partial charge in [0.05, 0.1) is 16.5 Å². The van der Waals surface area contributed by atoms with Crippen molar-refractivity contribution in [1.82, 2.24) is 10.2 Å². The molecule has 9 heteroatoms. The molecule has 0 unspecified atom stereocenters. The fourth-order valence-corrected chi connectivity index (χ4v) is 3.00. The molecule has 1 N–H and O–H groups in total. The van der Waals surface area contributed by atoms with Crippen molar-refractivity contribution in [1.29, 1.82) is 0 Å². The Balaban J connectivity index is 1.74. The third-order valence-electron chi connectivity index (χ3n) is 4.22. The van der Waals surface area contributed by atoms with Crippen molar-refractivity contribution in [2.24, 2.45) is 0 Å². The molecule has 0 saturated carbocycles. The second-order valence-corrected chi connectivity index (χ2v) is 6.43. The van der Waals surface area contributed by atoms with Crippen LogP contribution < -0.4 is 5.32 Å². The largest absolute Gasteiger partial charge is 0.348 e. The normalized spacial score (nSPS) is 14.1. The number of nitro benzene ring substituents is 1. The van der Waals surface area contributed by atoms with E-state index in [1.54, 1.807) is 31.2 Å². The highest BCUT2D eigenvalue weighted by Crippen LogP contribution is 2.30. The summed E-state index contributed by atoms with van der Waals surface area (Å²) in [5, 5.41) is 14.3. The van der Waals surface area contributed by atoms with Gasteiger partial charge in [0.1, 0.15) is 12.1 Å². The Hall–Kier alpha value is -3.26. The number of carbonyl (C=O) groups excluding carboxylic acids is 3. The summed E-state index contributed by atoms with van der Waals surface area (Å²) in [6.07, 6.45) is 0. The third kappa shape index (κ3) is 3.52. The molecule has 0 radical (unpaired) electrons. The van der Waals surface area contributed by atoms with Crippen LogP contribution in [0.25, 0.3) is 0 Å². The lowest BCUT2D eigenvalue weighted by atomic mass is 10.1. The molecule has 2 aromatic carbocycles. The van der Waals surface area contributed by atoms with Gasteiger partial charge in [0.25, 0.3) is 17.5 Å². The van der Waals surface area contributed by atoms with Crippen molar-refractivity contribution in [3.05, 3.63) is 74.3 Å². The smallest absolute Gasteiger partial charge is 0.282 e. The molecule has 1 atom stereocenters. The van der Waals surface area contributed by atoms with Gasteiger partial charge in [-0.25, -0.2) is 0 Å². The number of amides is 3. The number of benzene rings is 2. The Kier molecular flexibility index (Phi) is 4.91. The van der Waals surface area contributed by atoms with Crippen molar-refractivity contribution in [2.75, 3.05) is 6.54 Å². The van der Waals surface area contributed by atoms with E-state index < -0.39 is 34.9 Å². The van der Waals surface area contributed by atoms with E-state index in [4.69, 9.17) is 11.6 Å². The topological polar surface area (TPSA) is 110 Å². The summed E-state index contributed by atoms with van der Waals surface area (Å²) in [6.45, 7) is 1.22. The summed E-state index contributed by atoms with van der Waals surface area (Å²) >= 11 is 5.83. The summed E-state index contributed by atoms with van der Waals surface area (Å²) in [4.78, 5) is 48.2. The number of rotatable bonds is 5. The van der Waals surface area contributed by atoms with Gasteiger partial charge in [0.2, 0.25) is 5.91 Å². The molecule has 0 bridgehead atoms. The van der Waals surface area contributed by atoms with Crippen molar-refractivity contribution in [3.8, 4) is 0 Å². The number of nitrogens with zero attached hydrogens (tertiary/aromatic N) is 2. The predicted octanol–water partition coefficient (Wildman–Crippen LogP) is 2.72. The summed E-state index contributed by atoms with van der Waals surface area (Å²) in [6, 6.07) is 10.3. The molecule has 1 heterocycles. The van der Waals surface area contributed by atoms with Crippen LogP contribution in [0, 0.1) is 10.1 Å². The highest BCUT2D eigenvalue weighted by molar-refractivity contribution is 6.30. The summed E-state index contributed by atoms with van der Waals surface area (Å²) in [7, 11) is 0. The maximum Gasteiger partial charge on any atom is 0.282 e. The molecule has 2 aromatic rings. The number of hydrogen-bond donors (Lipinski definition) is 1. The number of fused-ring (bicyclic) bond motifs is 1. The highest BCUT2D eigenvalue weighted by atomic mass is 35.5. The molecule has 3 amide bonds. The average molecular weight is 388 g/mol. The van der Waals surface area contributed by atoms with Crippen LogP contribution >= 0.6 is 11.6 Å². The number of nitrogens with one attached hydrogen (secondary N) is 1. The van der Waals surface area contributed by atoms with Gasteiger partial charge in [-0.05, 0) is 30.7 Å². The Morgan fingerprint density at radius 2 is 1.85 bits per heavy atom. The fraction of sp³-hybridized carbons (Fsp3) is 0.167. The van der Waals surface area contributed by atoms with Crippen LogP contribution in [-0.4, -0.2) is 34.1 Å². The van der Waals surface area contributed by atoms with Crippen molar-refractivity contribution < 1.29 is 19.3 Å².